The normalized spacial score (nSPS) is 15.5. The van der Waals surface area contributed by atoms with Gasteiger partial charge in [-0.25, -0.2) is 0 Å². The van der Waals surface area contributed by atoms with Crippen molar-refractivity contribution in [3.8, 4) is 17.2 Å². The van der Waals surface area contributed by atoms with Gasteiger partial charge in [0, 0.05) is 45.9 Å². The second-order valence-corrected chi connectivity index (χ2v) is 10.2. The van der Waals surface area contributed by atoms with Crippen LogP contribution in [-0.2, 0) is 17.8 Å². The first kappa shape index (κ1) is 27.0. The van der Waals surface area contributed by atoms with Gasteiger partial charge in [-0.05, 0) is 68.5 Å². The Balaban J connectivity index is 1.26. The van der Waals surface area contributed by atoms with Gasteiger partial charge in [-0.1, -0.05) is 23.8 Å². The van der Waals surface area contributed by atoms with Crippen LogP contribution in [0.25, 0.3) is 0 Å². The molecule has 0 atom stereocenters. The number of nitrogens with zero attached hydrogens (tertiary/aromatic N) is 3. The van der Waals surface area contributed by atoms with E-state index < -0.39 is 0 Å². The van der Waals surface area contributed by atoms with Crippen molar-refractivity contribution in [2.45, 2.75) is 58.7 Å². The molecule has 0 radical (unpaired) electrons. The first-order valence-electron chi connectivity index (χ1n) is 13.2. The van der Waals surface area contributed by atoms with Crippen LogP contribution in [0.5, 0.6) is 17.2 Å². The number of aryl methyl sites for hydroxylation is 4. The van der Waals surface area contributed by atoms with Gasteiger partial charge in [0.2, 0.25) is 0 Å². The molecule has 2 heterocycles. The van der Waals surface area contributed by atoms with Crippen molar-refractivity contribution in [3.63, 3.8) is 0 Å². The van der Waals surface area contributed by atoms with Gasteiger partial charge in [0.25, 0.3) is 0 Å². The summed E-state index contributed by atoms with van der Waals surface area (Å²) in [5, 5.41) is 4.32. The number of methoxy groups -OCH3 is 2. The third-order valence-electron chi connectivity index (χ3n) is 7.21. The highest BCUT2D eigenvalue weighted by Crippen LogP contribution is 2.31. The molecule has 0 N–H and O–H groups in total. The van der Waals surface area contributed by atoms with Crippen LogP contribution in [0, 0.1) is 20.8 Å². The van der Waals surface area contributed by atoms with Crippen LogP contribution in [0.1, 0.15) is 41.5 Å². The third-order valence-corrected chi connectivity index (χ3v) is 7.21. The van der Waals surface area contributed by atoms with E-state index in [9.17, 15) is 0 Å². The zero-order valence-electron chi connectivity index (χ0n) is 23.0. The average molecular weight is 508 g/mol. The van der Waals surface area contributed by atoms with Crippen molar-refractivity contribution in [2.75, 3.05) is 40.5 Å². The minimum atomic E-state index is -0.252. The number of piperidine rings is 1. The Hall–Kier alpha value is -3.03. The van der Waals surface area contributed by atoms with Crippen LogP contribution in [0.3, 0.4) is 0 Å². The lowest BCUT2D eigenvalue weighted by molar-refractivity contribution is -0.0840. The Morgan fingerprint density at radius 2 is 1.68 bits per heavy atom. The summed E-state index contributed by atoms with van der Waals surface area (Å²) in [6, 6.07) is 12.6. The molecule has 0 bridgehead atoms. The fourth-order valence-electron chi connectivity index (χ4n) is 4.88. The van der Waals surface area contributed by atoms with Crippen LogP contribution >= 0.6 is 0 Å². The van der Waals surface area contributed by atoms with E-state index in [2.05, 4.69) is 54.2 Å². The molecule has 0 saturated carbocycles. The van der Waals surface area contributed by atoms with Crippen LogP contribution in [-0.4, -0.2) is 60.8 Å². The molecule has 0 spiro atoms. The molecule has 7 nitrogen and oxygen atoms in total. The number of likely N-dealkylation sites (tertiary alicyclic amines) is 1. The molecule has 0 aliphatic carbocycles. The highest BCUT2D eigenvalue weighted by molar-refractivity contribution is 5.43. The number of ether oxygens (including phenoxy) is 4. The zero-order chi connectivity index (χ0) is 26.3. The van der Waals surface area contributed by atoms with E-state index in [1.807, 2.05) is 30.1 Å². The molecule has 1 saturated heterocycles. The minimum Gasteiger partial charge on any atom is -0.493 e. The van der Waals surface area contributed by atoms with E-state index >= 15 is 0 Å². The minimum absolute atomic E-state index is 0.252. The Bertz CT molecular complexity index is 1150. The summed E-state index contributed by atoms with van der Waals surface area (Å²) >= 11 is 0. The van der Waals surface area contributed by atoms with Crippen LogP contribution < -0.4 is 14.2 Å². The Morgan fingerprint density at radius 1 is 0.892 bits per heavy atom. The van der Waals surface area contributed by atoms with E-state index in [1.54, 1.807) is 14.2 Å². The van der Waals surface area contributed by atoms with E-state index in [0.29, 0.717) is 13.2 Å². The molecule has 0 amide bonds. The molecule has 3 aromatic rings. The van der Waals surface area contributed by atoms with Crippen molar-refractivity contribution >= 4 is 0 Å². The maximum Gasteiger partial charge on any atom is 0.161 e. The van der Waals surface area contributed by atoms with E-state index in [1.165, 1.54) is 16.7 Å². The SMILES string of the molecule is COc1cc(CN2CCC(COc3ccc(C)cc3C)(OC)CC2)ccc1OCCCn1cc(C)cn1. The molecule has 1 aliphatic rings. The fourth-order valence-corrected chi connectivity index (χ4v) is 4.88. The van der Waals surface area contributed by atoms with Crippen molar-refractivity contribution < 1.29 is 18.9 Å². The number of hydrogen-bond acceptors (Lipinski definition) is 6. The summed E-state index contributed by atoms with van der Waals surface area (Å²) < 4.78 is 25.8. The molecule has 0 unspecified atom stereocenters. The molecule has 1 aromatic heterocycles. The predicted octanol–water partition coefficient (Wildman–Crippen LogP) is 5.35. The standard InChI is InChI=1S/C30H41N3O4/c1-23-7-9-27(25(3)17-23)37-22-30(35-5)11-14-32(15-12-30)21-26-8-10-28(29(18-26)34-4)36-16-6-13-33-20-24(2)19-31-33/h7-10,17-20H,6,11-16,21-22H2,1-5H3. The van der Waals surface area contributed by atoms with Gasteiger partial charge in [-0.3, -0.25) is 9.58 Å². The summed E-state index contributed by atoms with van der Waals surface area (Å²) in [5.41, 5.74) is 4.55. The van der Waals surface area contributed by atoms with Crippen molar-refractivity contribution in [1.82, 2.24) is 14.7 Å². The summed E-state index contributed by atoms with van der Waals surface area (Å²) in [4.78, 5) is 2.47. The maximum atomic E-state index is 6.21. The van der Waals surface area contributed by atoms with Gasteiger partial charge in [0.1, 0.15) is 18.0 Å². The van der Waals surface area contributed by atoms with Crippen LogP contribution in [0.4, 0.5) is 0 Å². The molecule has 200 valence electrons. The molecular formula is C30H41N3O4. The van der Waals surface area contributed by atoms with Crippen LogP contribution in [0.15, 0.2) is 48.8 Å². The Morgan fingerprint density at radius 3 is 2.35 bits per heavy atom. The van der Waals surface area contributed by atoms with Gasteiger partial charge in [0.15, 0.2) is 11.5 Å². The summed E-state index contributed by atoms with van der Waals surface area (Å²) in [6.45, 7) is 11.0. The smallest absolute Gasteiger partial charge is 0.161 e. The first-order valence-corrected chi connectivity index (χ1v) is 13.2. The predicted molar refractivity (Wildman–Crippen MR) is 146 cm³/mol. The molecule has 4 rings (SSSR count). The largest absolute Gasteiger partial charge is 0.493 e. The van der Waals surface area contributed by atoms with E-state index in [0.717, 1.165) is 68.3 Å². The monoisotopic (exact) mass is 507 g/mol. The van der Waals surface area contributed by atoms with Gasteiger partial charge in [-0.15, -0.1) is 0 Å². The van der Waals surface area contributed by atoms with E-state index in [4.69, 9.17) is 18.9 Å². The van der Waals surface area contributed by atoms with Crippen molar-refractivity contribution in [1.29, 1.82) is 0 Å². The maximum absolute atomic E-state index is 6.21. The van der Waals surface area contributed by atoms with E-state index in [-0.39, 0.29) is 5.60 Å². The molecule has 2 aromatic carbocycles. The number of benzene rings is 2. The number of rotatable bonds is 12. The lowest BCUT2D eigenvalue weighted by atomic mass is 9.91. The van der Waals surface area contributed by atoms with Gasteiger partial charge in [0.05, 0.1) is 19.9 Å². The lowest BCUT2D eigenvalue weighted by Gasteiger charge is -2.40. The fraction of sp³-hybridized carbons (Fsp3) is 0.500. The van der Waals surface area contributed by atoms with Gasteiger partial charge < -0.3 is 18.9 Å². The topological polar surface area (TPSA) is 58.0 Å². The number of aromatic nitrogens is 2. The van der Waals surface area contributed by atoms with Gasteiger partial charge >= 0.3 is 0 Å². The first-order chi connectivity index (χ1) is 17.9. The average Bonchev–Trinajstić information content (AvgIpc) is 3.32. The van der Waals surface area contributed by atoms with Crippen LogP contribution in [0.2, 0.25) is 0 Å². The molecular weight excluding hydrogens is 466 g/mol. The highest BCUT2D eigenvalue weighted by atomic mass is 16.5. The van der Waals surface area contributed by atoms with Crippen molar-refractivity contribution in [2.24, 2.45) is 0 Å². The Labute approximate surface area is 221 Å². The second-order valence-electron chi connectivity index (χ2n) is 10.2. The molecule has 1 aliphatic heterocycles. The third kappa shape index (κ3) is 7.27. The van der Waals surface area contributed by atoms with Gasteiger partial charge in [-0.2, -0.15) is 5.10 Å². The summed E-state index contributed by atoms with van der Waals surface area (Å²) in [5.74, 6) is 2.50. The lowest BCUT2D eigenvalue weighted by Crippen LogP contribution is -2.48. The quantitative estimate of drug-likeness (QED) is 0.308. The Kier molecular flexibility index (Phi) is 9.11. The molecule has 7 heteroatoms. The summed E-state index contributed by atoms with van der Waals surface area (Å²) in [6.07, 6.45) is 6.67. The zero-order valence-corrected chi connectivity index (χ0v) is 23.0. The van der Waals surface area contributed by atoms with Crippen molar-refractivity contribution in [3.05, 3.63) is 71.0 Å². The molecule has 1 fully saturated rings. The second kappa shape index (κ2) is 12.5. The number of hydrogen-bond donors (Lipinski definition) is 0. The highest BCUT2D eigenvalue weighted by Gasteiger charge is 2.35. The molecule has 37 heavy (non-hydrogen) atoms. The summed E-state index contributed by atoms with van der Waals surface area (Å²) in [7, 11) is 3.50.